The van der Waals surface area contributed by atoms with Gasteiger partial charge in [0.2, 0.25) is 0 Å². The standard InChI is InChI=1S/C12H19N3O3S2/c1-3-20(17,18)10-8(13)9(11(14)16)19-12(10)15(2)6-7-4-5-7/h7H,3-6,13H2,1-2H3,(H2,14,16). The van der Waals surface area contributed by atoms with Crippen molar-refractivity contribution in [1.82, 2.24) is 0 Å². The fourth-order valence-electron chi connectivity index (χ4n) is 2.07. The van der Waals surface area contributed by atoms with Gasteiger partial charge < -0.3 is 16.4 Å². The third kappa shape index (κ3) is 2.76. The second-order valence-electron chi connectivity index (χ2n) is 5.07. The molecule has 0 aliphatic heterocycles. The molecule has 1 aromatic heterocycles. The summed E-state index contributed by atoms with van der Waals surface area (Å²) in [6.07, 6.45) is 2.31. The van der Waals surface area contributed by atoms with Crippen LogP contribution in [0.5, 0.6) is 0 Å². The molecular formula is C12H19N3O3S2. The summed E-state index contributed by atoms with van der Waals surface area (Å²) in [7, 11) is -1.67. The molecule has 1 fully saturated rings. The Labute approximate surface area is 122 Å². The van der Waals surface area contributed by atoms with Crippen molar-refractivity contribution in [1.29, 1.82) is 0 Å². The van der Waals surface area contributed by atoms with Crippen LogP contribution in [0.15, 0.2) is 4.90 Å². The summed E-state index contributed by atoms with van der Waals surface area (Å²) in [6, 6.07) is 0. The van der Waals surface area contributed by atoms with Crippen LogP contribution in [0.2, 0.25) is 0 Å². The molecule has 1 amide bonds. The number of carbonyl (C=O) groups excluding carboxylic acids is 1. The fraction of sp³-hybridized carbons (Fsp3) is 0.583. The van der Waals surface area contributed by atoms with Gasteiger partial charge in [0.05, 0.1) is 11.4 Å². The van der Waals surface area contributed by atoms with Crippen molar-refractivity contribution < 1.29 is 13.2 Å². The van der Waals surface area contributed by atoms with E-state index in [4.69, 9.17) is 11.5 Å². The number of sulfone groups is 1. The highest BCUT2D eigenvalue weighted by molar-refractivity contribution is 7.92. The highest BCUT2D eigenvalue weighted by Crippen LogP contribution is 2.42. The maximum Gasteiger partial charge on any atom is 0.261 e. The Morgan fingerprint density at radius 2 is 2.05 bits per heavy atom. The zero-order valence-electron chi connectivity index (χ0n) is 11.5. The normalized spacial score (nSPS) is 15.3. The lowest BCUT2D eigenvalue weighted by atomic mass is 10.3. The first kappa shape index (κ1) is 15.1. The number of anilines is 2. The summed E-state index contributed by atoms with van der Waals surface area (Å²) in [4.78, 5) is 13.4. The highest BCUT2D eigenvalue weighted by atomic mass is 32.2. The van der Waals surface area contributed by atoms with Gasteiger partial charge in [-0.15, -0.1) is 11.3 Å². The van der Waals surface area contributed by atoms with Crippen LogP contribution < -0.4 is 16.4 Å². The maximum absolute atomic E-state index is 12.2. The summed E-state index contributed by atoms with van der Waals surface area (Å²) in [5, 5.41) is 0.519. The number of hydrogen-bond donors (Lipinski definition) is 2. The molecule has 1 aliphatic carbocycles. The van der Waals surface area contributed by atoms with Crippen molar-refractivity contribution >= 4 is 37.8 Å². The molecule has 0 aromatic carbocycles. The van der Waals surface area contributed by atoms with E-state index in [-0.39, 0.29) is 21.2 Å². The van der Waals surface area contributed by atoms with Gasteiger partial charge in [0, 0.05) is 13.6 Å². The predicted molar refractivity (Wildman–Crippen MR) is 81.0 cm³/mol. The number of rotatable bonds is 6. The van der Waals surface area contributed by atoms with Crippen LogP contribution in [0.4, 0.5) is 10.7 Å². The Hall–Kier alpha value is -1.28. The van der Waals surface area contributed by atoms with Crippen molar-refractivity contribution in [3.8, 4) is 0 Å². The Bertz CT molecular complexity index is 633. The quantitative estimate of drug-likeness (QED) is 0.816. The van der Waals surface area contributed by atoms with Gasteiger partial charge in [-0.05, 0) is 18.8 Å². The molecule has 0 saturated heterocycles. The van der Waals surface area contributed by atoms with Crippen molar-refractivity contribution in [2.24, 2.45) is 11.7 Å². The van der Waals surface area contributed by atoms with Gasteiger partial charge in [0.15, 0.2) is 9.84 Å². The van der Waals surface area contributed by atoms with Crippen molar-refractivity contribution in [2.75, 3.05) is 30.0 Å². The first-order valence-corrected chi connectivity index (χ1v) is 8.90. The molecule has 1 aromatic rings. The zero-order valence-corrected chi connectivity index (χ0v) is 13.2. The molecule has 20 heavy (non-hydrogen) atoms. The summed E-state index contributed by atoms with van der Waals surface area (Å²) >= 11 is 1.06. The topological polar surface area (TPSA) is 106 Å². The van der Waals surface area contributed by atoms with E-state index in [2.05, 4.69) is 0 Å². The second kappa shape index (κ2) is 5.25. The molecule has 1 aliphatic rings. The van der Waals surface area contributed by atoms with Gasteiger partial charge in [-0.1, -0.05) is 6.92 Å². The van der Waals surface area contributed by atoms with Crippen molar-refractivity contribution in [3.63, 3.8) is 0 Å². The minimum absolute atomic E-state index is 0.0120. The number of nitrogens with zero attached hydrogens (tertiary/aromatic N) is 1. The van der Waals surface area contributed by atoms with Crippen LogP contribution in [-0.4, -0.2) is 33.7 Å². The van der Waals surface area contributed by atoms with Gasteiger partial charge >= 0.3 is 0 Å². The van der Waals surface area contributed by atoms with Crippen molar-refractivity contribution in [2.45, 2.75) is 24.7 Å². The van der Waals surface area contributed by atoms with Crippen LogP contribution in [-0.2, 0) is 9.84 Å². The van der Waals surface area contributed by atoms with E-state index in [9.17, 15) is 13.2 Å². The largest absolute Gasteiger partial charge is 0.396 e. The van der Waals surface area contributed by atoms with Gasteiger partial charge in [0.1, 0.15) is 14.8 Å². The number of hydrogen-bond acceptors (Lipinski definition) is 6. The lowest BCUT2D eigenvalue weighted by molar-refractivity contribution is 0.100. The Morgan fingerprint density at radius 1 is 1.45 bits per heavy atom. The van der Waals surface area contributed by atoms with E-state index in [1.54, 1.807) is 6.92 Å². The second-order valence-corrected chi connectivity index (χ2v) is 8.28. The molecule has 1 saturated carbocycles. The van der Waals surface area contributed by atoms with E-state index in [1.165, 1.54) is 0 Å². The lowest BCUT2D eigenvalue weighted by Crippen LogP contribution is -2.21. The molecule has 0 atom stereocenters. The van der Waals surface area contributed by atoms with E-state index < -0.39 is 15.7 Å². The van der Waals surface area contributed by atoms with E-state index in [0.717, 1.165) is 30.7 Å². The molecule has 0 radical (unpaired) electrons. The molecule has 8 heteroatoms. The molecule has 0 spiro atoms. The Kier molecular flexibility index (Phi) is 3.97. The molecule has 2 rings (SSSR count). The minimum atomic E-state index is -3.50. The Balaban J connectivity index is 2.53. The highest BCUT2D eigenvalue weighted by Gasteiger charge is 2.31. The monoisotopic (exact) mass is 317 g/mol. The third-order valence-corrected chi connectivity index (χ3v) is 6.63. The van der Waals surface area contributed by atoms with Crippen LogP contribution >= 0.6 is 11.3 Å². The zero-order chi connectivity index (χ0) is 15.1. The number of amides is 1. The number of carbonyl (C=O) groups is 1. The smallest absolute Gasteiger partial charge is 0.261 e. The van der Waals surface area contributed by atoms with Gasteiger partial charge in [0.25, 0.3) is 5.91 Å². The SMILES string of the molecule is CCS(=O)(=O)c1c(N(C)CC2CC2)sc(C(N)=O)c1N. The number of thiophene rings is 1. The number of primary amides is 1. The van der Waals surface area contributed by atoms with E-state index >= 15 is 0 Å². The minimum Gasteiger partial charge on any atom is -0.396 e. The summed E-state index contributed by atoms with van der Waals surface area (Å²) in [5.74, 6) is -0.153. The molecule has 6 nitrogen and oxygen atoms in total. The Morgan fingerprint density at radius 3 is 2.50 bits per heavy atom. The average molecular weight is 317 g/mol. The van der Waals surface area contributed by atoms with Crippen LogP contribution in [0.3, 0.4) is 0 Å². The molecule has 4 N–H and O–H groups in total. The summed E-state index contributed by atoms with van der Waals surface area (Å²) in [5.41, 5.74) is 11.1. The lowest BCUT2D eigenvalue weighted by Gasteiger charge is -2.18. The number of nitrogen functional groups attached to an aromatic ring is 1. The molecular weight excluding hydrogens is 298 g/mol. The number of nitrogens with two attached hydrogens (primary N) is 2. The van der Waals surface area contributed by atoms with Gasteiger partial charge in [-0.2, -0.15) is 0 Å². The van der Waals surface area contributed by atoms with Crippen LogP contribution in [0.1, 0.15) is 29.4 Å². The molecule has 1 heterocycles. The maximum atomic E-state index is 12.2. The first-order chi connectivity index (χ1) is 9.27. The van der Waals surface area contributed by atoms with E-state index in [0.29, 0.717) is 10.9 Å². The van der Waals surface area contributed by atoms with Gasteiger partial charge in [-0.3, -0.25) is 4.79 Å². The first-order valence-electron chi connectivity index (χ1n) is 6.43. The predicted octanol–water partition coefficient (Wildman–Crippen LogP) is 1.07. The average Bonchev–Trinajstić information content (AvgIpc) is 3.09. The molecule has 0 bridgehead atoms. The molecule has 112 valence electrons. The summed E-state index contributed by atoms with van der Waals surface area (Å²) in [6.45, 7) is 2.32. The summed E-state index contributed by atoms with van der Waals surface area (Å²) < 4.78 is 24.5. The fourth-order valence-corrected chi connectivity index (χ4v) is 4.72. The van der Waals surface area contributed by atoms with Gasteiger partial charge in [-0.25, -0.2) is 8.42 Å². The molecule has 0 unspecified atom stereocenters. The van der Waals surface area contributed by atoms with Crippen LogP contribution in [0, 0.1) is 5.92 Å². The van der Waals surface area contributed by atoms with E-state index in [1.807, 2.05) is 11.9 Å². The van der Waals surface area contributed by atoms with Crippen molar-refractivity contribution in [3.05, 3.63) is 4.88 Å². The third-order valence-electron chi connectivity index (χ3n) is 3.37. The van der Waals surface area contributed by atoms with Crippen LogP contribution in [0.25, 0.3) is 0 Å².